The maximum atomic E-state index is 11.7. The van der Waals surface area contributed by atoms with Gasteiger partial charge in [0.2, 0.25) is 11.8 Å². The summed E-state index contributed by atoms with van der Waals surface area (Å²) in [5.74, 6) is -0.573. The monoisotopic (exact) mass is 245 g/mol. The molecule has 6 nitrogen and oxygen atoms in total. The summed E-state index contributed by atoms with van der Waals surface area (Å²) in [6, 6.07) is -0.603. The van der Waals surface area contributed by atoms with Crippen molar-refractivity contribution in [2.75, 3.05) is 20.3 Å². The van der Waals surface area contributed by atoms with Crippen LogP contribution in [0.4, 0.5) is 0 Å². The van der Waals surface area contributed by atoms with Crippen LogP contribution in [0.1, 0.15) is 27.2 Å². The summed E-state index contributed by atoms with van der Waals surface area (Å²) in [6.07, 6.45) is 0.511. The van der Waals surface area contributed by atoms with Crippen LogP contribution in [0.25, 0.3) is 0 Å². The molecule has 0 saturated carbocycles. The predicted octanol–water partition coefficient (Wildman–Crippen LogP) is -0.619. The van der Waals surface area contributed by atoms with Crippen molar-refractivity contribution in [1.29, 1.82) is 0 Å². The average molecular weight is 245 g/mol. The van der Waals surface area contributed by atoms with Crippen molar-refractivity contribution in [3.63, 3.8) is 0 Å². The van der Waals surface area contributed by atoms with Crippen LogP contribution >= 0.6 is 0 Å². The number of nitrogens with two attached hydrogens (primary N) is 1. The van der Waals surface area contributed by atoms with Crippen molar-refractivity contribution in [3.8, 4) is 0 Å². The van der Waals surface area contributed by atoms with Crippen molar-refractivity contribution < 1.29 is 14.3 Å². The Hall–Kier alpha value is -1.14. The van der Waals surface area contributed by atoms with E-state index in [1.165, 1.54) is 0 Å². The van der Waals surface area contributed by atoms with Gasteiger partial charge in [-0.2, -0.15) is 0 Å². The minimum Gasteiger partial charge on any atom is -0.383 e. The Balaban J connectivity index is 4.12. The van der Waals surface area contributed by atoms with Crippen molar-refractivity contribution in [3.05, 3.63) is 0 Å². The molecule has 2 atom stereocenters. The first kappa shape index (κ1) is 15.9. The van der Waals surface area contributed by atoms with E-state index in [9.17, 15) is 9.59 Å². The minimum absolute atomic E-state index is 0.248. The van der Waals surface area contributed by atoms with Crippen LogP contribution in [0.3, 0.4) is 0 Å². The molecule has 4 N–H and O–H groups in total. The first-order valence-corrected chi connectivity index (χ1v) is 5.71. The molecule has 0 fully saturated rings. The normalized spacial score (nSPS) is 15.8. The van der Waals surface area contributed by atoms with Gasteiger partial charge in [0.1, 0.15) is 6.04 Å². The Bertz CT molecular complexity index is 267. The van der Waals surface area contributed by atoms with E-state index in [4.69, 9.17) is 10.5 Å². The first-order chi connectivity index (χ1) is 7.85. The molecule has 0 radical (unpaired) electrons. The molecule has 0 aromatic carbocycles. The van der Waals surface area contributed by atoms with Gasteiger partial charge in [0.15, 0.2) is 0 Å². The molecular weight excluding hydrogens is 222 g/mol. The number of carbonyl (C=O) groups is 2. The van der Waals surface area contributed by atoms with Gasteiger partial charge in [-0.25, -0.2) is 0 Å². The second kappa shape index (κ2) is 7.24. The average Bonchev–Trinajstić information content (AvgIpc) is 2.28. The molecule has 6 heteroatoms. The van der Waals surface area contributed by atoms with E-state index in [-0.39, 0.29) is 11.8 Å². The molecule has 0 aromatic rings. The van der Waals surface area contributed by atoms with E-state index in [1.807, 2.05) is 6.92 Å². The van der Waals surface area contributed by atoms with Crippen molar-refractivity contribution in [1.82, 2.24) is 10.6 Å². The van der Waals surface area contributed by atoms with Gasteiger partial charge in [0.05, 0.1) is 12.1 Å². The number of carbonyl (C=O) groups excluding carboxylic acids is 2. The molecule has 0 saturated heterocycles. The van der Waals surface area contributed by atoms with E-state index in [0.717, 1.165) is 0 Å². The van der Waals surface area contributed by atoms with Gasteiger partial charge in [-0.3, -0.25) is 9.59 Å². The number of hydrogen-bond donors (Lipinski definition) is 3. The number of nitrogens with one attached hydrogen (secondary N) is 2. The lowest BCUT2D eigenvalue weighted by Gasteiger charge is -2.24. The quantitative estimate of drug-likeness (QED) is 0.521. The number of amides is 2. The third-order valence-electron chi connectivity index (χ3n) is 2.60. The third kappa shape index (κ3) is 5.65. The highest BCUT2D eigenvalue weighted by Gasteiger charge is 2.28. The zero-order chi connectivity index (χ0) is 13.5. The van der Waals surface area contributed by atoms with Gasteiger partial charge >= 0.3 is 0 Å². The standard InChI is InChI=1S/C11H23N3O3/c1-5-11(3,12)10(16)14-8(2)9(15)13-6-7-17-4/h8H,5-7,12H2,1-4H3,(H,13,15)(H,14,16). The minimum atomic E-state index is -0.943. The zero-order valence-electron chi connectivity index (χ0n) is 11.0. The Morgan fingerprint density at radius 2 is 2.06 bits per heavy atom. The second-order valence-corrected chi connectivity index (χ2v) is 4.25. The van der Waals surface area contributed by atoms with Gasteiger partial charge in [-0.15, -0.1) is 0 Å². The summed E-state index contributed by atoms with van der Waals surface area (Å²) < 4.78 is 4.80. The molecule has 0 heterocycles. The van der Waals surface area contributed by atoms with Crippen LogP contribution in [0, 0.1) is 0 Å². The number of rotatable bonds is 7. The fourth-order valence-corrected chi connectivity index (χ4v) is 1.02. The molecule has 0 bridgehead atoms. The Labute approximate surface area is 102 Å². The number of hydrogen-bond acceptors (Lipinski definition) is 4. The first-order valence-electron chi connectivity index (χ1n) is 5.71. The lowest BCUT2D eigenvalue weighted by atomic mass is 9.99. The molecule has 2 amide bonds. The van der Waals surface area contributed by atoms with Crippen LogP contribution in [-0.4, -0.2) is 43.7 Å². The molecular formula is C11H23N3O3. The van der Waals surface area contributed by atoms with Crippen molar-refractivity contribution in [2.24, 2.45) is 5.73 Å². The lowest BCUT2D eigenvalue weighted by molar-refractivity contribution is -0.131. The summed E-state index contributed by atoms with van der Waals surface area (Å²) in [7, 11) is 1.55. The van der Waals surface area contributed by atoms with Gasteiger partial charge < -0.3 is 21.1 Å². The summed E-state index contributed by atoms with van der Waals surface area (Å²) in [5, 5.41) is 5.22. The van der Waals surface area contributed by atoms with E-state index < -0.39 is 11.6 Å². The summed E-state index contributed by atoms with van der Waals surface area (Å²) >= 11 is 0. The van der Waals surface area contributed by atoms with Crippen molar-refractivity contribution >= 4 is 11.8 Å². The molecule has 17 heavy (non-hydrogen) atoms. The molecule has 0 aliphatic rings. The Morgan fingerprint density at radius 1 is 1.47 bits per heavy atom. The van der Waals surface area contributed by atoms with Crippen molar-refractivity contribution in [2.45, 2.75) is 38.8 Å². The third-order valence-corrected chi connectivity index (χ3v) is 2.60. The molecule has 2 unspecified atom stereocenters. The van der Waals surface area contributed by atoms with Crippen LogP contribution in [0.5, 0.6) is 0 Å². The molecule has 0 aliphatic carbocycles. The highest BCUT2D eigenvalue weighted by molar-refractivity contribution is 5.91. The summed E-state index contributed by atoms with van der Waals surface area (Å²) in [5.41, 5.74) is 4.82. The number of ether oxygens (including phenoxy) is 1. The smallest absolute Gasteiger partial charge is 0.242 e. The van der Waals surface area contributed by atoms with E-state index in [1.54, 1.807) is 21.0 Å². The topological polar surface area (TPSA) is 93.5 Å². The van der Waals surface area contributed by atoms with E-state index in [0.29, 0.717) is 19.6 Å². The van der Waals surface area contributed by atoms with Crippen LogP contribution in [0.2, 0.25) is 0 Å². The molecule has 0 spiro atoms. The summed E-state index contributed by atoms with van der Waals surface area (Å²) in [6.45, 7) is 5.94. The Morgan fingerprint density at radius 3 is 2.53 bits per heavy atom. The highest BCUT2D eigenvalue weighted by atomic mass is 16.5. The van der Waals surface area contributed by atoms with E-state index >= 15 is 0 Å². The fourth-order valence-electron chi connectivity index (χ4n) is 1.02. The largest absolute Gasteiger partial charge is 0.383 e. The van der Waals surface area contributed by atoms with Crippen LogP contribution in [-0.2, 0) is 14.3 Å². The van der Waals surface area contributed by atoms with Gasteiger partial charge in [0, 0.05) is 13.7 Å². The molecule has 0 aliphatic heterocycles. The molecule has 0 rings (SSSR count). The van der Waals surface area contributed by atoms with Gasteiger partial charge in [-0.05, 0) is 20.3 Å². The summed E-state index contributed by atoms with van der Waals surface area (Å²) in [4.78, 5) is 23.2. The van der Waals surface area contributed by atoms with Crippen LogP contribution < -0.4 is 16.4 Å². The number of methoxy groups -OCH3 is 1. The van der Waals surface area contributed by atoms with Crippen LogP contribution in [0.15, 0.2) is 0 Å². The fraction of sp³-hybridized carbons (Fsp3) is 0.818. The zero-order valence-corrected chi connectivity index (χ0v) is 11.0. The predicted molar refractivity (Wildman–Crippen MR) is 65.4 cm³/mol. The SMILES string of the molecule is CCC(C)(N)C(=O)NC(C)C(=O)NCCOC. The van der Waals surface area contributed by atoms with Gasteiger partial charge in [0.25, 0.3) is 0 Å². The molecule has 0 aromatic heterocycles. The lowest BCUT2D eigenvalue weighted by Crippen LogP contribution is -2.56. The maximum Gasteiger partial charge on any atom is 0.242 e. The van der Waals surface area contributed by atoms with Gasteiger partial charge in [-0.1, -0.05) is 6.92 Å². The van der Waals surface area contributed by atoms with E-state index in [2.05, 4.69) is 10.6 Å². The Kier molecular flexibility index (Phi) is 6.75. The maximum absolute atomic E-state index is 11.7. The molecule has 100 valence electrons. The second-order valence-electron chi connectivity index (χ2n) is 4.25. The highest BCUT2D eigenvalue weighted by Crippen LogP contribution is 2.04.